The molecule has 94 valence electrons. The van der Waals surface area contributed by atoms with E-state index in [1.807, 2.05) is 0 Å². The Morgan fingerprint density at radius 3 is 2.78 bits per heavy atom. The predicted molar refractivity (Wildman–Crippen MR) is 66.2 cm³/mol. The van der Waals surface area contributed by atoms with E-state index in [-0.39, 0.29) is 17.3 Å². The lowest BCUT2D eigenvalue weighted by atomic mass is 10.2. The number of nitrogen functional groups attached to an aromatic ring is 1. The summed E-state index contributed by atoms with van der Waals surface area (Å²) in [6, 6.07) is 4.11. The zero-order chi connectivity index (χ0) is 13.3. The van der Waals surface area contributed by atoms with Crippen molar-refractivity contribution >= 4 is 17.3 Å². The van der Waals surface area contributed by atoms with Crippen molar-refractivity contribution in [2.45, 2.75) is 6.54 Å². The van der Waals surface area contributed by atoms with Crippen LogP contribution in [0.1, 0.15) is 5.56 Å². The predicted octanol–water partition coefficient (Wildman–Crippen LogP) is 0.960. The molecule has 0 amide bonds. The highest BCUT2D eigenvalue weighted by Crippen LogP contribution is 2.16. The molecule has 1 aromatic carbocycles. The first kappa shape index (κ1) is 12.4. The first-order chi connectivity index (χ1) is 8.47. The Morgan fingerprint density at radius 2 is 2.11 bits per heavy atom. The maximum Gasteiger partial charge on any atom is 0.328 e. The molecule has 2 aromatic rings. The summed E-state index contributed by atoms with van der Waals surface area (Å²) in [7, 11) is 0. The highest BCUT2D eigenvalue weighted by Gasteiger charge is 2.05. The lowest BCUT2D eigenvalue weighted by molar-refractivity contribution is 0.626. The van der Waals surface area contributed by atoms with Gasteiger partial charge in [-0.1, -0.05) is 17.7 Å². The zero-order valence-corrected chi connectivity index (χ0v) is 9.87. The van der Waals surface area contributed by atoms with Crippen LogP contribution in [0.2, 0.25) is 5.02 Å². The van der Waals surface area contributed by atoms with Crippen molar-refractivity contribution in [2.75, 3.05) is 5.73 Å². The van der Waals surface area contributed by atoms with Crippen molar-refractivity contribution in [2.24, 2.45) is 0 Å². The standard InChI is InChI=1S/C11H9ClFN3O2/c12-7-3-6(1-2-8(7)13)4-16-5-9(14)10(17)15-11(16)18/h1-3,5H,4,14H2,(H,15,17,18). The molecule has 1 heterocycles. The number of halogens is 2. The monoisotopic (exact) mass is 269 g/mol. The average Bonchev–Trinajstić information content (AvgIpc) is 2.31. The summed E-state index contributed by atoms with van der Waals surface area (Å²) in [6.07, 6.45) is 1.23. The summed E-state index contributed by atoms with van der Waals surface area (Å²) in [4.78, 5) is 24.6. The van der Waals surface area contributed by atoms with Gasteiger partial charge >= 0.3 is 5.69 Å². The molecule has 0 saturated heterocycles. The molecule has 0 unspecified atom stereocenters. The topological polar surface area (TPSA) is 80.9 Å². The first-order valence-corrected chi connectivity index (χ1v) is 5.38. The highest BCUT2D eigenvalue weighted by molar-refractivity contribution is 6.30. The SMILES string of the molecule is Nc1cn(Cc2ccc(F)c(Cl)c2)c(=O)[nH]c1=O. The maximum absolute atomic E-state index is 13.0. The van der Waals surface area contributed by atoms with Crippen molar-refractivity contribution in [3.8, 4) is 0 Å². The summed E-state index contributed by atoms with van der Waals surface area (Å²) >= 11 is 5.63. The molecule has 0 saturated carbocycles. The van der Waals surface area contributed by atoms with Crippen LogP contribution in [-0.4, -0.2) is 9.55 Å². The lowest BCUT2D eigenvalue weighted by Crippen LogP contribution is -2.31. The van der Waals surface area contributed by atoms with Crippen molar-refractivity contribution in [1.82, 2.24) is 9.55 Å². The van der Waals surface area contributed by atoms with E-state index in [9.17, 15) is 14.0 Å². The second-order valence-electron chi connectivity index (χ2n) is 3.72. The number of aromatic amines is 1. The van der Waals surface area contributed by atoms with Gasteiger partial charge in [0, 0.05) is 6.20 Å². The van der Waals surface area contributed by atoms with E-state index in [4.69, 9.17) is 17.3 Å². The largest absolute Gasteiger partial charge is 0.393 e. The summed E-state index contributed by atoms with van der Waals surface area (Å²) in [5, 5.41) is -0.0297. The van der Waals surface area contributed by atoms with Gasteiger partial charge in [-0.15, -0.1) is 0 Å². The maximum atomic E-state index is 13.0. The Morgan fingerprint density at radius 1 is 1.39 bits per heavy atom. The number of hydrogen-bond acceptors (Lipinski definition) is 3. The van der Waals surface area contributed by atoms with E-state index in [2.05, 4.69) is 4.98 Å². The van der Waals surface area contributed by atoms with E-state index in [0.29, 0.717) is 5.56 Å². The number of nitrogens with two attached hydrogens (primary N) is 1. The van der Waals surface area contributed by atoms with Gasteiger partial charge in [0.1, 0.15) is 11.5 Å². The fourth-order valence-corrected chi connectivity index (χ4v) is 1.68. The van der Waals surface area contributed by atoms with Crippen LogP contribution in [0.25, 0.3) is 0 Å². The number of anilines is 1. The molecule has 2 rings (SSSR count). The summed E-state index contributed by atoms with van der Waals surface area (Å²) < 4.78 is 14.2. The van der Waals surface area contributed by atoms with Crippen LogP contribution in [-0.2, 0) is 6.54 Å². The minimum atomic E-state index is -0.631. The van der Waals surface area contributed by atoms with Gasteiger partial charge in [-0.3, -0.25) is 14.3 Å². The van der Waals surface area contributed by atoms with Gasteiger partial charge in [0.25, 0.3) is 5.56 Å². The molecule has 0 fully saturated rings. The first-order valence-electron chi connectivity index (χ1n) is 5.00. The average molecular weight is 270 g/mol. The van der Waals surface area contributed by atoms with Crippen molar-refractivity contribution in [3.63, 3.8) is 0 Å². The van der Waals surface area contributed by atoms with Crippen LogP contribution in [0.5, 0.6) is 0 Å². The molecule has 0 atom stereocenters. The second-order valence-corrected chi connectivity index (χ2v) is 4.13. The van der Waals surface area contributed by atoms with Gasteiger partial charge in [0.2, 0.25) is 0 Å². The Kier molecular flexibility index (Phi) is 3.20. The Bertz CT molecular complexity index is 708. The fourth-order valence-electron chi connectivity index (χ4n) is 1.48. The fraction of sp³-hybridized carbons (Fsp3) is 0.0909. The minimum absolute atomic E-state index is 0.0297. The molecule has 0 radical (unpaired) electrons. The number of nitrogens with one attached hydrogen (secondary N) is 1. The molecule has 0 spiro atoms. The van der Waals surface area contributed by atoms with E-state index in [0.717, 1.165) is 0 Å². The molecule has 5 nitrogen and oxygen atoms in total. The Balaban J connectivity index is 2.40. The third-order valence-corrected chi connectivity index (χ3v) is 2.67. The van der Waals surface area contributed by atoms with Gasteiger partial charge in [-0.25, -0.2) is 9.18 Å². The van der Waals surface area contributed by atoms with Crippen molar-refractivity contribution < 1.29 is 4.39 Å². The zero-order valence-electron chi connectivity index (χ0n) is 9.11. The van der Waals surface area contributed by atoms with Gasteiger partial charge < -0.3 is 5.73 Å². The molecular weight excluding hydrogens is 261 g/mol. The van der Waals surface area contributed by atoms with Crippen LogP contribution in [0.15, 0.2) is 34.0 Å². The van der Waals surface area contributed by atoms with E-state index >= 15 is 0 Å². The molecule has 7 heteroatoms. The molecule has 0 aliphatic heterocycles. The number of nitrogens with zero attached hydrogens (tertiary/aromatic N) is 1. The van der Waals surface area contributed by atoms with Crippen LogP contribution in [0, 0.1) is 5.82 Å². The number of aromatic nitrogens is 2. The van der Waals surface area contributed by atoms with Gasteiger partial charge in [-0.2, -0.15) is 0 Å². The molecule has 3 N–H and O–H groups in total. The van der Waals surface area contributed by atoms with Crippen LogP contribution in [0.4, 0.5) is 10.1 Å². The number of rotatable bonds is 2. The smallest absolute Gasteiger partial charge is 0.328 e. The summed E-state index contributed by atoms with van der Waals surface area (Å²) in [5.41, 5.74) is 4.74. The molecule has 1 aromatic heterocycles. The van der Waals surface area contributed by atoms with Crippen LogP contribution < -0.4 is 17.0 Å². The van der Waals surface area contributed by atoms with Gasteiger partial charge in [-0.05, 0) is 17.7 Å². The molecule has 0 aliphatic rings. The summed E-state index contributed by atoms with van der Waals surface area (Å²) in [6.45, 7) is 0.139. The quantitative estimate of drug-likeness (QED) is 0.852. The molecule has 0 aliphatic carbocycles. The molecular formula is C11H9ClFN3O2. The van der Waals surface area contributed by atoms with Gasteiger partial charge in [0.05, 0.1) is 11.6 Å². The number of hydrogen-bond donors (Lipinski definition) is 2. The second kappa shape index (κ2) is 4.66. The number of H-pyrrole nitrogens is 1. The van der Waals surface area contributed by atoms with E-state index in [1.54, 1.807) is 0 Å². The summed E-state index contributed by atoms with van der Waals surface area (Å²) in [5.74, 6) is -0.534. The van der Waals surface area contributed by atoms with Crippen molar-refractivity contribution in [1.29, 1.82) is 0 Å². The van der Waals surface area contributed by atoms with Crippen LogP contribution in [0.3, 0.4) is 0 Å². The normalized spacial score (nSPS) is 10.6. The van der Waals surface area contributed by atoms with Crippen LogP contribution >= 0.6 is 11.6 Å². The third kappa shape index (κ3) is 2.43. The molecule has 0 bridgehead atoms. The number of benzene rings is 1. The minimum Gasteiger partial charge on any atom is -0.393 e. The lowest BCUT2D eigenvalue weighted by Gasteiger charge is -2.06. The Hall–Kier alpha value is -2.08. The van der Waals surface area contributed by atoms with E-state index in [1.165, 1.54) is 29.0 Å². The Labute approximate surface area is 106 Å². The van der Waals surface area contributed by atoms with Crippen molar-refractivity contribution in [3.05, 3.63) is 61.6 Å². The highest BCUT2D eigenvalue weighted by atomic mass is 35.5. The third-order valence-electron chi connectivity index (χ3n) is 2.38. The molecule has 18 heavy (non-hydrogen) atoms. The van der Waals surface area contributed by atoms with E-state index < -0.39 is 17.1 Å². The van der Waals surface area contributed by atoms with Gasteiger partial charge in [0.15, 0.2) is 0 Å².